The molecule has 1 fully saturated rings. The number of amides is 1. The van der Waals surface area contributed by atoms with Crippen LogP contribution >= 0.6 is 24.8 Å². The first-order valence-corrected chi connectivity index (χ1v) is 6.84. The van der Waals surface area contributed by atoms with Crippen molar-refractivity contribution in [2.24, 2.45) is 0 Å². The lowest BCUT2D eigenvalue weighted by Gasteiger charge is -2.36. The molecule has 2 aromatic rings. The summed E-state index contributed by atoms with van der Waals surface area (Å²) in [6, 6.07) is 6.12. The highest BCUT2D eigenvalue weighted by molar-refractivity contribution is 5.92. The zero-order valence-corrected chi connectivity index (χ0v) is 14.1. The number of nitrogens with zero attached hydrogens (tertiary/aromatic N) is 2. The Morgan fingerprint density at radius 3 is 2.87 bits per heavy atom. The first-order chi connectivity index (χ1) is 10.2. The van der Waals surface area contributed by atoms with Crippen molar-refractivity contribution in [2.75, 3.05) is 19.6 Å². The van der Waals surface area contributed by atoms with Gasteiger partial charge in [-0.2, -0.15) is 0 Å². The van der Waals surface area contributed by atoms with Crippen molar-refractivity contribution in [1.29, 1.82) is 0 Å². The van der Waals surface area contributed by atoms with Crippen LogP contribution in [0.1, 0.15) is 27.9 Å². The van der Waals surface area contributed by atoms with E-state index in [-0.39, 0.29) is 48.3 Å². The van der Waals surface area contributed by atoms with Crippen LogP contribution in [0.5, 0.6) is 0 Å². The van der Waals surface area contributed by atoms with E-state index < -0.39 is 0 Å². The van der Waals surface area contributed by atoms with Crippen molar-refractivity contribution in [3.63, 3.8) is 0 Å². The fourth-order valence-electron chi connectivity index (χ4n) is 2.60. The van der Waals surface area contributed by atoms with Gasteiger partial charge in [-0.25, -0.2) is 9.37 Å². The number of halogens is 3. The normalized spacial score (nSPS) is 17.1. The molecule has 1 N–H and O–H groups in total. The molecule has 0 aliphatic carbocycles. The van der Waals surface area contributed by atoms with Gasteiger partial charge in [-0.1, -0.05) is 12.1 Å². The lowest BCUT2D eigenvalue weighted by atomic mass is 10.0. The predicted octanol–water partition coefficient (Wildman–Crippen LogP) is 2.75. The molecular weight excluding hydrogens is 344 g/mol. The fourth-order valence-corrected chi connectivity index (χ4v) is 2.60. The average molecular weight is 362 g/mol. The third kappa shape index (κ3) is 4.02. The summed E-state index contributed by atoms with van der Waals surface area (Å²) in [6.45, 7) is 3.56. The van der Waals surface area contributed by atoms with Crippen molar-refractivity contribution in [3.8, 4) is 0 Å². The molecule has 0 saturated carbocycles. The molecule has 1 amide bonds. The summed E-state index contributed by atoms with van der Waals surface area (Å²) in [6.07, 6.45) is 1.27. The maximum Gasteiger partial charge on any atom is 0.292 e. The molecule has 0 spiro atoms. The zero-order chi connectivity index (χ0) is 14.8. The quantitative estimate of drug-likeness (QED) is 0.893. The van der Waals surface area contributed by atoms with Gasteiger partial charge in [-0.05, 0) is 24.6 Å². The molecule has 8 heteroatoms. The summed E-state index contributed by atoms with van der Waals surface area (Å²) in [5, 5.41) is 3.23. The molecule has 23 heavy (non-hydrogen) atoms. The highest BCUT2D eigenvalue weighted by Gasteiger charge is 2.31. The van der Waals surface area contributed by atoms with Crippen molar-refractivity contribution in [3.05, 3.63) is 53.5 Å². The number of carbonyl (C=O) groups is 1. The van der Waals surface area contributed by atoms with Crippen LogP contribution in [0.3, 0.4) is 0 Å². The molecule has 1 saturated heterocycles. The van der Waals surface area contributed by atoms with Gasteiger partial charge in [-0.3, -0.25) is 4.79 Å². The Balaban J connectivity index is 0.00000132. The summed E-state index contributed by atoms with van der Waals surface area (Å²) >= 11 is 0. The second-order valence-electron chi connectivity index (χ2n) is 5.04. The van der Waals surface area contributed by atoms with Crippen molar-refractivity contribution in [1.82, 2.24) is 15.2 Å². The predicted molar refractivity (Wildman–Crippen MR) is 88.8 cm³/mol. The van der Waals surface area contributed by atoms with Crippen LogP contribution < -0.4 is 5.32 Å². The Labute approximate surface area is 146 Å². The maximum atomic E-state index is 13.4. The van der Waals surface area contributed by atoms with E-state index in [1.807, 2.05) is 6.07 Å². The van der Waals surface area contributed by atoms with E-state index in [9.17, 15) is 9.18 Å². The second kappa shape index (κ2) is 8.29. The van der Waals surface area contributed by atoms with Gasteiger partial charge in [0.05, 0.1) is 11.7 Å². The van der Waals surface area contributed by atoms with Gasteiger partial charge in [0.1, 0.15) is 5.82 Å². The van der Waals surface area contributed by atoms with E-state index in [4.69, 9.17) is 4.42 Å². The molecule has 0 bridgehead atoms. The third-order valence-corrected chi connectivity index (χ3v) is 3.68. The zero-order valence-electron chi connectivity index (χ0n) is 12.5. The van der Waals surface area contributed by atoms with Gasteiger partial charge in [0, 0.05) is 19.6 Å². The minimum absolute atomic E-state index is 0. The summed E-state index contributed by atoms with van der Waals surface area (Å²) in [5.41, 5.74) is 1.34. The van der Waals surface area contributed by atoms with E-state index in [1.54, 1.807) is 17.9 Å². The van der Waals surface area contributed by atoms with Gasteiger partial charge in [0.15, 0.2) is 6.39 Å². The number of carbonyl (C=O) groups excluding carboxylic acids is 1. The number of hydrogen-bond acceptors (Lipinski definition) is 4. The molecule has 1 unspecified atom stereocenters. The Hall–Kier alpha value is -1.63. The number of benzene rings is 1. The number of hydrogen-bond donors (Lipinski definition) is 1. The number of oxazole rings is 1. The number of piperazine rings is 1. The topological polar surface area (TPSA) is 58.4 Å². The van der Waals surface area contributed by atoms with E-state index in [0.717, 1.165) is 5.56 Å². The number of aromatic nitrogens is 1. The smallest absolute Gasteiger partial charge is 0.292 e. The van der Waals surface area contributed by atoms with Crippen LogP contribution in [0.2, 0.25) is 0 Å². The lowest BCUT2D eigenvalue weighted by Crippen LogP contribution is -2.48. The molecule has 1 aliphatic rings. The minimum Gasteiger partial charge on any atom is -0.438 e. The highest BCUT2D eigenvalue weighted by Crippen LogP contribution is 2.25. The van der Waals surface area contributed by atoms with Gasteiger partial charge in [-0.15, -0.1) is 24.8 Å². The van der Waals surface area contributed by atoms with Gasteiger partial charge in [0.25, 0.3) is 5.91 Å². The average Bonchev–Trinajstić information content (AvgIpc) is 2.93. The molecule has 2 heterocycles. The van der Waals surface area contributed by atoms with Crippen molar-refractivity contribution >= 4 is 30.7 Å². The number of aryl methyl sites for hydroxylation is 1. The Bertz CT molecular complexity index is 666. The molecule has 0 radical (unpaired) electrons. The molecule has 1 aromatic heterocycles. The standard InChI is InChI=1S/C15H16FN3O2.2ClH/c1-10-14(21-9-18-10)15(20)19-6-5-17-8-13(19)11-3-2-4-12(16)7-11;;/h2-4,7,9,13,17H,5-6,8H2,1H3;2*1H. The monoisotopic (exact) mass is 361 g/mol. The van der Waals surface area contributed by atoms with Crippen LogP contribution in [0.4, 0.5) is 4.39 Å². The molecule has 126 valence electrons. The molecule has 1 aromatic carbocycles. The summed E-state index contributed by atoms with van der Waals surface area (Å²) in [4.78, 5) is 18.3. The fraction of sp³-hybridized carbons (Fsp3) is 0.333. The summed E-state index contributed by atoms with van der Waals surface area (Å²) in [5.74, 6) is -0.264. The first-order valence-electron chi connectivity index (χ1n) is 6.84. The largest absolute Gasteiger partial charge is 0.438 e. The first kappa shape index (κ1) is 19.4. The summed E-state index contributed by atoms with van der Waals surface area (Å²) in [7, 11) is 0. The Kier molecular flexibility index (Phi) is 7.00. The molecule has 1 atom stereocenters. The highest BCUT2D eigenvalue weighted by atomic mass is 35.5. The Morgan fingerprint density at radius 1 is 1.43 bits per heavy atom. The SMILES string of the molecule is Cc1ncoc1C(=O)N1CCNCC1c1cccc(F)c1.Cl.Cl. The number of nitrogens with one attached hydrogen (secondary N) is 1. The van der Waals surface area contributed by atoms with Crippen LogP contribution in [0.25, 0.3) is 0 Å². The molecular formula is C15H18Cl2FN3O2. The second-order valence-corrected chi connectivity index (χ2v) is 5.04. The molecule has 5 nitrogen and oxygen atoms in total. The van der Waals surface area contributed by atoms with Crippen molar-refractivity contribution in [2.45, 2.75) is 13.0 Å². The van der Waals surface area contributed by atoms with Gasteiger partial charge in [0.2, 0.25) is 5.76 Å². The lowest BCUT2D eigenvalue weighted by molar-refractivity contribution is 0.0600. The van der Waals surface area contributed by atoms with E-state index >= 15 is 0 Å². The van der Waals surface area contributed by atoms with E-state index in [0.29, 0.717) is 25.3 Å². The van der Waals surface area contributed by atoms with Crippen LogP contribution in [-0.4, -0.2) is 35.4 Å². The number of rotatable bonds is 2. The summed E-state index contributed by atoms with van der Waals surface area (Å²) < 4.78 is 18.6. The molecule has 1 aliphatic heterocycles. The third-order valence-electron chi connectivity index (χ3n) is 3.68. The van der Waals surface area contributed by atoms with E-state index in [2.05, 4.69) is 10.3 Å². The van der Waals surface area contributed by atoms with Crippen LogP contribution in [0, 0.1) is 12.7 Å². The van der Waals surface area contributed by atoms with Crippen LogP contribution in [0.15, 0.2) is 35.1 Å². The van der Waals surface area contributed by atoms with Crippen molar-refractivity contribution < 1.29 is 13.6 Å². The maximum absolute atomic E-state index is 13.4. The van der Waals surface area contributed by atoms with Gasteiger partial charge >= 0.3 is 0 Å². The van der Waals surface area contributed by atoms with Crippen LogP contribution in [-0.2, 0) is 0 Å². The van der Waals surface area contributed by atoms with Gasteiger partial charge < -0.3 is 14.6 Å². The molecule has 3 rings (SSSR count). The van der Waals surface area contributed by atoms with E-state index in [1.165, 1.54) is 18.5 Å². The Morgan fingerprint density at radius 2 is 2.22 bits per heavy atom. The minimum atomic E-state index is -0.304.